The van der Waals surface area contributed by atoms with Gasteiger partial charge in [-0.05, 0) is 61.3 Å². The van der Waals surface area contributed by atoms with Gasteiger partial charge >= 0.3 is 0 Å². The van der Waals surface area contributed by atoms with Gasteiger partial charge in [0.15, 0.2) is 0 Å². The number of para-hydroxylation sites is 1. The Labute approximate surface area is 158 Å². The van der Waals surface area contributed by atoms with Gasteiger partial charge in [-0.1, -0.05) is 24.3 Å². The molecule has 2 aliphatic carbocycles. The largest absolute Gasteiger partial charge is 0.508 e. The highest BCUT2D eigenvalue weighted by Gasteiger charge is 2.64. The first-order valence-corrected chi connectivity index (χ1v) is 9.85. The number of aromatic hydroxyl groups is 1. The Morgan fingerprint density at radius 2 is 2.00 bits per heavy atom. The van der Waals surface area contributed by atoms with Crippen molar-refractivity contribution < 1.29 is 10.2 Å². The molecule has 3 aliphatic rings. The molecule has 3 aromatic rings. The van der Waals surface area contributed by atoms with Gasteiger partial charge in [0.25, 0.3) is 0 Å². The van der Waals surface area contributed by atoms with E-state index in [1.165, 1.54) is 22.2 Å². The fourth-order valence-corrected chi connectivity index (χ4v) is 6.32. The zero-order chi connectivity index (χ0) is 18.4. The highest BCUT2D eigenvalue weighted by molar-refractivity contribution is 5.85. The first-order chi connectivity index (χ1) is 13.0. The molecule has 3 atom stereocenters. The van der Waals surface area contributed by atoms with Gasteiger partial charge in [0.05, 0.1) is 5.60 Å². The lowest BCUT2D eigenvalue weighted by Crippen LogP contribution is -2.73. The van der Waals surface area contributed by atoms with E-state index in [-0.39, 0.29) is 11.5 Å². The molecule has 1 fully saturated rings. The quantitative estimate of drug-likeness (QED) is 0.578. The average Bonchev–Trinajstić information content (AvgIpc) is 3.00. The van der Waals surface area contributed by atoms with Gasteiger partial charge in [-0.3, -0.25) is 0 Å². The molecule has 2 aromatic carbocycles. The number of hydrogen-bond acceptors (Lipinski definition) is 3. The summed E-state index contributed by atoms with van der Waals surface area (Å²) in [6.45, 7) is 0.970. The number of likely N-dealkylation sites (N-methyl/N-ethyl adjacent to an activating group) is 1. The summed E-state index contributed by atoms with van der Waals surface area (Å²) in [6, 6.07) is 14.3. The van der Waals surface area contributed by atoms with Crippen molar-refractivity contribution >= 4 is 10.9 Å². The number of phenolic OH excluding ortho intramolecular Hbond substituents is 1. The van der Waals surface area contributed by atoms with Crippen molar-refractivity contribution in [2.75, 3.05) is 13.6 Å². The summed E-state index contributed by atoms with van der Waals surface area (Å²) in [5.74, 6) is 0.297. The minimum atomic E-state index is -0.821. The van der Waals surface area contributed by atoms with Crippen molar-refractivity contribution in [3.8, 4) is 5.75 Å². The molecule has 1 saturated heterocycles. The molecule has 2 bridgehead atoms. The van der Waals surface area contributed by atoms with Crippen molar-refractivity contribution in [3.05, 3.63) is 64.8 Å². The molecule has 4 heteroatoms. The number of nitrogens with zero attached hydrogens (tertiary/aromatic N) is 1. The van der Waals surface area contributed by atoms with Crippen molar-refractivity contribution in [2.24, 2.45) is 0 Å². The molecule has 3 N–H and O–H groups in total. The van der Waals surface area contributed by atoms with E-state index in [0.717, 1.165) is 36.9 Å². The number of aromatic amines is 1. The van der Waals surface area contributed by atoms with Gasteiger partial charge < -0.3 is 20.1 Å². The fraction of sp³-hybridized carbons (Fsp3) is 0.391. The van der Waals surface area contributed by atoms with Crippen LogP contribution in [-0.2, 0) is 24.7 Å². The van der Waals surface area contributed by atoms with Crippen LogP contribution in [0.4, 0.5) is 0 Å². The third-order valence-corrected chi connectivity index (χ3v) is 7.65. The summed E-state index contributed by atoms with van der Waals surface area (Å²) in [4.78, 5) is 5.97. The highest BCUT2D eigenvalue weighted by Crippen LogP contribution is 2.57. The summed E-state index contributed by atoms with van der Waals surface area (Å²) in [6.07, 6.45) is 3.20. The second-order valence-corrected chi connectivity index (χ2v) is 8.78. The summed E-state index contributed by atoms with van der Waals surface area (Å²) in [5, 5.41) is 23.7. The number of aromatic nitrogens is 1. The van der Waals surface area contributed by atoms with Crippen molar-refractivity contribution in [1.82, 2.24) is 9.88 Å². The van der Waals surface area contributed by atoms with Gasteiger partial charge in [0.1, 0.15) is 5.75 Å². The number of fused-ring (bicyclic) bond motifs is 4. The van der Waals surface area contributed by atoms with Crippen LogP contribution in [0.3, 0.4) is 0 Å². The normalized spacial score (nSPS) is 32.0. The summed E-state index contributed by atoms with van der Waals surface area (Å²) in [7, 11) is 2.14. The van der Waals surface area contributed by atoms with E-state index in [9.17, 15) is 10.2 Å². The van der Waals surface area contributed by atoms with Gasteiger partial charge in [0.2, 0.25) is 0 Å². The zero-order valence-electron chi connectivity index (χ0n) is 15.5. The minimum absolute atomic E-state index is 0.102. The van der Waals surface area contributed by atoms with E-state index < -0.39 is 5.60 Å². The van der Waals surface area contributed by atoms with Crippen molar-refractivity contribution in [3.63, 3.8) is 0 Å². The molecule has 1 aromatic heterocycles. The molecule has 27 heavy (non-hydrogen) atoms. The van der Waals surface area contributed by atoms with Crippen LogP contribution in [0.15, 0.2) is 42.5 Å². The molecular formula is C23H24N2O2. The maximum Gasteiger partial charge on any atom is 0.115 e. The molecule has 2 heterocycles. The minimum Gasteiger partial charge on any atom is -0.508 e. The lowest BCUT2D eigenvalue weighted by molar-refractivity contribution is -0.144. The summed E-state index contributed by atoms with van der Waals surface area (Å²) < 4.78 is 0. The second-order valence-electron chi connectivity index (χ2n) is 8.78. The van der Waals surface area contributed by atoms with Gasteiger partial charge in [-0.2, -0.15) is 0 Å². The van der Waals surface area contributed by atoms with Crippen LogP contribution in [0.25, 0.3) is 10.9 Å². The Bertz CT molecular complexity index is 1090. The van der Waals surface area contributed by atoms with Crippen LogP contribution in [-0.4, -0.2) is 45.3 Å². The SMILES string of the molecule is CN1CC[C@]23Cc4[nH]c5ccccc5c4C[C@@]2(O)[C@H]1Cc1ccc(O)cc13. The van der Waals surface area contributed by atoms with Gasteiger partial charge in [-0.25, -0.2) is 0 Å². The van der Waals surface area contributed by atoms with Crippen LogP contribution in [0, 0.1) is 0 Å². The first kappa shape index (κ1) is 15.7. The zero-order valence-corrected chi connectivity index (χ0v) is 15.5. The molecule has 4 nitrogen and oxygen atoms in total. The number of benzene rings is 2. The Hall–Kier alpha value is -2.30. The molecule has 6 rings (SSSR count). The second kappa shape index (κ2) is 4.94. The van der Waals surface area contributed by atoms with Crippen molar-refractivity contribution in [2.45, 2.75) is 42.7 Å². The monoisotopic (exact) mass is 360 g/mol. The Morgan fingerprint density at radius 1 is 1.15 bits per heavy atom. The fourth-order valence-electron chi connectivity index (χ4n) is 6.32. The topological polar surface area (TPSA) is 59.5 Å². The molecule has 0 amide bonds. The highest BCUT2D eigenvalue weighted by atomic mass is 16.3. The summed E-state index contributed by atoms with van der Waals surface area (Å²) in [5.41, 5.74) is 4.93. The van der Waals surface area contributed by atoms with E-state index in [1.54, 1.807) is 6.07 Å². The van der Waals surface area contributed by atoms with Gasteiger partial charge in [-0.15, -0.1) is 0 Å². The van der Waals surface area contributed by atoms with Crippen LogP contribution < -0.4 is 0 Å². The Balaban J connectivity index is 1.65. The molecule has 138 valence electrons. The van der Waals surface area contributed by atoms with Crippen LogP contribution in [0.5, 0.6) is 5.75 Å². The average molecular weight is 360 g/mol. The molecule has 0 spiro atoms. The van der Waals surface area contributed by atoms with E-state index in [1.807, 2.05) is 6.07 Å². The van der Waals surface area contributed by atoms with Crippen molar-refractivity contribution in [1.29, 1.82) is 0 Å². The molecule has 0 radical (unpaired) electrons. The van der Waals surface area contributed by atoms with Gasteiger partial charge in [0, 0.05) is 40.9 Å². The molecule has 1 aliphatic heterocycles. The number of hydrogen-bond donors (Lipinski definition) is 3. The standard InChI is InChI=1S/C23H24N2O2/c1-25-9-8-22-13-20-17(16-4-2-3-5-19(16)24-20)12-23(22,27)21(25)10-14-6-7-15(26)11-18(14)22/h2-7,11,21,24,26-27H,8-10,12-13H2,1H3/t21-,22-,23-/m1/s1. The van der Waals surface area contributed by atoms with E-state index in [4.69, 9.17) is 0 Å². The Morgan fingerprint density at radius 3 is 2.89 bits per heavy atom. The van der Waals surface area contributed by atoms with E-state index >= 15 is 0 Å². The maximum absolute atomic E-state index is 12.3. The summed E-state index contributed by atoms with van der Waals surface area (Å²) >= 11 is 0. The third kappa shape index (κ3) is 1.80. The van der Waals surface area contributed by atoms with Crippen LogP contribution in [0.1, 0.15) is 28.8 Å². The van der Waals surface area contributed by atoms with E-state index in [2.05, 4.69) is 47.3 Å². The number of rotatable bonds is 0. The molecular weight excluding hydrogens is 336 g/mol. The lowest BCUT2D eigenvalue weighted by Gasteiger charge is -2.63. The molecule has 0 unspecified atom stereocenters. The lowest BCUT2D eigenvalue weighted by atomic mass is 9.49. The number of H-pyrrole nitrogens is 1. The Kier molecular flexibility index (Phi) is 2.88. The molecule has 0 saturated carbocycles. The number of piperidine rings is 1. The predicted octanol–water partition coefficient (Wildman–Crippen LogP) is 2.90. The van der Waals surface area contributed by atoms with E-state index in [0.29, 0.717) is 12.2 Å². The number of likely N-dealkylation sites (tertiary alicyclic amines) is 1. The predicted molar refractivity (Wildman–Crippen MR) is 105 cm³/mol. The maximum atomic E-state index is 12.3. The number of aliphatic hydroxyl groups is 1. The van der Waals surface area contributed by atoms with Crippen LogP contribution >= 0.6 is 0 Å². The first-order valence-electron chi connectivity index (χ1n) is 9.85. The smallest absolute Gasteiger partial charge is 0.115 e. The number of nitrogens with one attached hydrogen (secondary N) is 1. The number of phenols is 1. The van der Waals surface area contributed by atoms with Crippen LogP contribution in [0.2, 0.25) is 0 Å². The third-order valence-electron chi connectivity index (χ3n) is 7.65.